The van der Waals surface area contributed by atoms with E-state index in [1.165, 1.54) is 10.6 Å². The van der Waals surface area contributed by atoms with Gasteiger partial charge in [-0.25, -0.2) is 4.98 Å². The van der Waals surface area contributed by atoms with Crippen molar-refractivity contribution in [1.29, 1.82) is 0 Å². The number of halogens is 1. The third kappa shape index (κ3) is 4.99. The van der Waals surface area contributed by atoms with Crippen molar-refractivity contribution in [3.05, 3.63) is 39.6 Å². The van der Waals surface area contributed by atoms with E-state index in [9.17, 15) is 0 Å². The van der Waals surface area contributed by atoms with Crippen LogP contribution in [0.25, 0.3) is 0 Å². The van der Waals surface area contributed by atoms with Crippen LogP contribution in [-0.4, -0.2) is 22.6 Å². The molecule has 0 radical (unpaired) electrons. The molecule has 0 aliphatic rings. The predicted molar refractivity (Wildman–Crippen MR) is 99.5 cm³/mol. The van der Waals surface area contributed by atoms with Crippen LogP contribution in [0, 0.1) is 13.8 Å². The smallest absolute Gasteiger partial charge is 0.191 e. The van der Waals surface area contributed by atoms with Crippen LogP contribution in [0.3, 0.4) is 0 Å². The lowest BCUT2D eigenvalue weighted by Crippen LogP contribution is -2.36. The van der Waals surface area contributed by atoms with Crippen molar-refractivity contribution in [2.24, 2.45) is 12.0 Å². The summed E-state index contributed by atoms with van der Waals surface area (Å²) in [5, 5.41) is 7.74. The number of nitrogens with one attached hydrogen (secondary N) is 2. The number of guanidine groups is 1. The molecule has 0 bridgehead atoms. The lowest BCUT2D eigenvalue weighted by Gasteiger charge is -2.12. The van der Waals surface area contributed by atoms with Crippen LogP contribution >= 0.6 is 35.3 Å². The monoisotopic (exact) mass is 419 g/mol. The second kappa shape index (κ2) is 8.38. The van der Waals surface area contributed by atoms with Crippen LogP contribution < -0.4 is 10.6 Å². The van der Waals surface area contributed by atoms with E-state index < -0.39 is 0 Å². The minimum atomic E-state index is 0. The molecule has 0 saturated carbocycles. The zero-order chi connectivity index (χ0) is 14.5. The Balaban J connectivity index is 0.00000220. The second-order valence-corrected chi connectivity index (χ2v) is 5.92. The highest BCUT2D eigenvalue weighted by Gasteiger charge is 2.06. The van der Waals surface area contributed by atoms with Gasteiger partial charge in [-0.1, -0.05) is 0 Å². The summed E-state index contributed by atoms with van der Waals surface area (Å²) in [6.45, 7) is 5.58. The van der Waals surface area contributed by atoms with Gasteiger partial charge in [0.25, 0.3) is 0 Å². The number of hydrogen-bond acceptors (Lipinski definition) is 3. The van der Waals surface area contributed by atoms with Crippen molar-refractivity contribution >= 4 is 41.3 Å². The highest BCUT2D eigenvalue weighted by atomic mass is 127. The maximum atomic E-state index is 4.43. The van der Waals surface area contributed by atoms with E-state index in [4.69, 9.17) is 0 Å². The first-order valence-corrected chi connectivity index (χ1v) is 7.39. The molecule has 2 rings (SSSR count). The van der Waals surface area contributed by atoms with E-state index in [0.29, 0.717) is 0 Å². The van der Waals surface area contributed by atoms with Crippen molar-refractivity contribution < 1.29 is 0 Å². The zero-order valence-electron chi connectivity index (χ0n) is 12.8. The van der Waals surface area contributed by atoms with Crippen molar-refractivity contribution in [1.82, 2.24) is 20.2 Å². The summed E-state index contributed by atoms with van der Waals surface area (Å²) in [7, 11) is 3.82. The van der Waals surface area contributed by atoms with Crippen molar-refractivity contribution in [2.45, 2.75) is 26.9 Å². The van der Waals surface area contributed by atoms with Gasteiger partial charge in [-0.05, 0) is 26.0 Å². The van der Waals surface area contributed by atoms with Crippen LogP contribution in [-0.2, 0) is 20.1 Å². The Morgan fingerprint density at radius 3 is 2.57 bits per heavy atom. The lowest BCUT2D eigenvalue weighted by molar-refractivity contribution is 0.751. The van der Waals surface area contributed by atoms with Crippen LogP contribution in [0.5, 0.6) is 0 Å². The minimum Gasteiger partial charge on any atom is -0.353 e. The molecule has 2 N–H and O–H groups in total. The second-order valence-electron chi connectivity index (χ2n) is 4.63. The molecule has 2 aromatic heterocycles. The van der Waals surface area contributed by atoms with Gasteiger partial charge in [-0.3, -0.25) is 4.99 Å². The van der Waals surface area contributed by atoms with Gasteiger partial charge in [-0.2, -0.15) is 0 Å². The Kier molecular flexibility index (Phi) is 7.16. The Bertz CT molecular complexity index is 602. The highest BCUT2D eigenvalue weighted by molar-refractivity contribution is 14.0. The topological polar surface area (TPSA) is 54.2 Å². The zero-order valence-corrected chi connectivity index (χ0v) is 16.0. The van der Waals surface area contributed by atoms with Crippen LogP contribution in [0.2, 0.25) is 0 Å². The summed E-state index contributed by atoms with van der Waals surface area (Å²) in [6.07, 6.45) is 2.04. The first kappa shape index (κ1) is 18.0. The molecule has 0 aliphatic carbocycles. The Morgan fingerprint density at radius 2 is 2.05 bits per heavy atom. The average Bonchev–Trinajstić information content (AvgIpc) is 2.96. The van der Waals surface area contributed by atoms with E-state index in [1.807, 2.05) is 33.2 Å². The van der Waals surface area contributed by atoms with Gasteiger partial charge in [0.2, 0.25) is 0 Å². The maximum absolute atomic E-state index is 4.43. The summed E-state index contributed by atoms with van der Waals surface area (Å²) >= 11 is 1.72. The fourth-order valence-electron chi connectivity index (χ4n) is 1.98. The summed E-state index contributed by atoms with van der Waals surface area (Å²) in [4.78, 5) is 9.92. The van der Waals surface area contributed by atoms with Gasteiger partial charge < -0.3 is 15.2 Å². The average molecular weight is 419 g/mol. The molecule has 2 heterocycles. The summed E-state index contributed by atoms with van der Waals surface area (Å²) in [5.41, 5.74) is 2.32. The SMILES string of the molecule is CN=C(NCc1sc(C)nc1C)NCc1cccn1C.I. The molecular weight excluding hydrogens is 397 g/mol. The van der Waals surface area contributed by atoms with Crippen molar-refractivity contribution in [3.63, 3.8) is 0 Å². The normalized spacial score (nSPS) is 11.1. The molecule has 2 aromatic rings. The van der Waals surface area contributed by atoms with E-state index in [-0.39, 0.29) is 24.0 Å². The molecule has 5 nitrogen and oxygen atoms in total. The first-order chi connectivity index (χ1) is 9.60. The van der Waals surface area contributed by atoms with Crippen LogP contribution in [0.15, 0.2) is 23.3 Å². The molecule has 0 aromatic carbocycles. The summed E-state index contributed by atoms with van der Waals surface area (Å²) in [6, 6.07) is 4.13. The van der Waals surface area contributed by atoms with Crippen molar-refractivity contribution in [3.8, 4) is 0 Å². The molecular formula is C14H22IN5S. The lowest BCUT2D eigenvalue weighted by atomic mass is 10.4. The molecule has 0 amide bonds. The predicted octanol–water partition coefficient (Wildman–Crippen LogP) is 2.58. The Hall–Kier alpha value is -1.09. The molecule has 21 heavy (non-hydrogen) atoms. The molecule has 0 spiro atoms. The third-order valence-corrected chi connectivity index (χ3v) is 4.20. The molecule has 0 atom stereocenters. The van der Waals surface area contributed by atoms with Gasteiger partial charge in [-0.15, -0.1) is 35.3 Å². The van der Waals surface area contributed by atoms with Crippen LogP contribution in [0.4, 0.5) is 0 Å². The highest BCUT2D eigenvalue weighted by Crippen LogP contribution is 2.16. The molecule has 7 heteroatoms. The van der Waals surface area contributed by atoms with E-state index in [1.54, 1.807) is 18.4 Å². The van der Waals surface area contributed by atoms with Gasteiger partial charge in [0.15, 0.2) is 5.96 Å². The largest absolute Gasteiger partial charge is 0.353 e. The van der Waals surface area contributed by atoms with Crippen LogP contribution in [0.1, 0.15) is 21.3 Å². The molecule has 0 aliphatic heterocycles. The summed E-state index contributed by atoms with van der Waals surface area (Å²) in [5.74, 6) is 0.802. The van der Waals surface area contributed by atoms with Gasteiger partial charge in [0.05, 0.1) is 23.8 Å². The van der Waals surface area contributed by atoms with E-state index in [2.05, 4.69) is 31.2 Å². The number of aromatic nitrogens is 2. The molecule has 0 saturated heterocycles. The fourth-order valence-corrected chi connectivity index (χ4v) is 2.85. The fraction of sp³-hybridized carbons (Fsp3) is 0.429. The number of thiazole rings is 1. The molecule has 0 unspecified atom stereocenters. The third-order valence-electron chi connectivity index (χ3n) is 3.13. The number of aliphatic imine (C=N–C) groups is 1. The number of nitrogens with zero attached hydrogens (tertiary/aromatic N) is 3. The molecule has 116 valence electrons. The molecule has 0 fully saturated rings. The van der Waals surface area contributed by atoms with E-state index in [0.717, 1.165) is 29.8 Å². The number of aryl methyl sites for hydroxylation is 3. The number of hydrogen-bond donors (Lipinski definition) is 2. The Labute approximate surface area is 146 Å². The number of rotatable bonds is 4. The minimum absolute atomic E-state index is 0. The van der Waals surface area contributed by atoms with Crippen molar-refractivity contribution in [2.75, 3.05) is 7.05 Å². The standard InChI is InChI=1S/C14H21N5S.HI/c1-10-13(20-11(2)18-10)9-17-14(15-3)16-8-12-6-5-7-19(12)4;/h5-7H,8-9H2,1-4H3,(H2,15,16,17);1H. The van der Waals surface area contributed by atoms with Gasteiger partial charge in [0.1, 0.15) is 0 Å². The summed E-state index contributed by atoms with van der Waals surface area (Å²) < 4.78 is 2.09. The quantitative estimate of drug-likeness (QED) is 0.455. The van der Waals surface area contributed by atoms with E-state index >= 15 is 0 Å². The first-order valence-electron chi connectivity index (χ1n) is 6.57. The maximum Gasteiger partial charge on any atom is 0.191 e. The van der Waals surface area contributed by atoms with Gasteiger partial charge >= 0.3 is 0 Å². The Morgan fingerprint density at radius 1 is 1.33 bits per heavy atom. The van der Waals surface area contributed by atoms with Gasteiger partial charge in [0, 0.05) is 30.9 Å².